The van der Waals surface area contributed by atoms with Crippen LogP contribution in [0, 0.1) is 0 Å². The van der Waals surface area contributed by atoms with Crippen LogP contribution < -0.4 is 5.46 Å². The van der Waals surface area contributed by atoms with Gasteiger partial charge in [-0.15, -0.1) is 0 Å². The van der Waals surface area contributed by atoms with Crippen molar-refractivity contribution in [2.24, 2.45) is 0 Å². The lowest BCUT2D eigenvalue weighted by Crippen LogP contribution is -2.40. The molecule has 0 aromatic heterocycles. The molecule has 2 nitrogen and oxygen atoms in total. The fourth-order valence-corrected chi connectivity index (χ4v) is 2.42. The Balaban J connectivity index is 1.80. The largest absolute Gasteiger partial charge is 0.493 e. The van der Waals surface area contributed by atoms with Crippen LogP contribution in [-0.2, 0) is 9.31 Å². The number of halogens is 1. The predicted molar refractivity (Wildman–Crippen MR) is 81.5 cm³/mol. The van der Waals surface area contributed by atoms with E-state index in [1.54, 1.807) is 0 Å². The van der Waals surface area contributed by atoms with Crippen LogP contribution in [0.1, 0.15) is 6.42 Å². The lowest BCUT2D eigenvalue weighted by Gasteiger charge is -2.20. The molecule has 0 atom stereocenters. The number of rotatable bonds is 2. The third-order valence-corrected chi connectivity index (χ3v) is 3.72. The second-order valence-electron chi connectivity index (χ2n) is 4.56. The molecule has 4 heteroatoms. The molecule has 1 aliphatic heterocycles. The first-order valence-corrected chi connectivity index (χ1v) is 7.21. The van der Waals surface area contributed by atoms with E-state index in [1.165, 1.54) is 11.1 Å². The van der Waals surface area contributed by atoms with Crippen LogP contribution in [0.15, 0.2) is 53.0 Å². The van der Waals surface area contributed by atoms with Crippen LogP contribution in [-0.4, -0.2) is 20.3 Å². The van der Waals surface area contributed by atoms with Crippen LogP contribution in [0.5, 0.6) is 0 Å². The van der Waals surface area contributed by atoms with E-state index in [0.717, 1.165) is 29.6 Å². The highest BCUT2D eigenvalue weighted by atomic mass is 79.9. The molecule has 2 aromatic rings. The molecular weight excluding hydrogens is 303 g/mol. The lowest BCUT2D eigenvalue weighted by atomic mass is 9.77. The second-order valence-corrected chi connectivity index (χ2v) is 5.47. The van der Waals surface area contributed by atoms with Gasteiger partial charge < -0.3 is 9.31 Å². The third kappa shape index (κ3) is 3.08. The van der Waals surface area contributed by atoms with Gasteiger partial charge in [0.15, 0.2) is 0 Å². The summed E-state index contributed by atoms with van der Waals surface area (Å²) < 4.78 is 12.3. The molecule has 3 rings (SSSR count). The zero-order valence-electron chi connectivity index (χ0n) is 10.5. The molecule has 96 valence electrons. The van der Waals surface area contributed by atoms with Crippen molar-refractivity contribution in [3.63, 3.8) is 0 Å². The Hall–Kier alpha value is -1.10. The van der Waals surface area contributed by atoms with Gasteiger partial charge in [0.25, 0.3) is 0 Å². The minimum absolute atomic E-state index is 0.201. The van der Waals surface area contributed by atoms with Gasteiger partial charge >= 0.3 is 7.12 Å². The van der Waals surface area contributed by atoms with Crippen molar-refractivity contribution in [3.05, 3.63) is 53.0 Å². The zero-order valence-corrected chi connectivity index (χ0v) is 12.1. The fraction of sp³-hybridized carbons (Fsp3) is 0.200. The molecule has 0 unspecified atom stereocenters. The van der Waals surface area contributed by atoms with Crippen molar-refractivity contribution in [1.82, 2.24) is 0 Å². The Morgan fingerprint density at radius 3 is 1.89 bits per heavy atom. The number of hydrogen-bond donors (Lipinski definition) is 0. The van der Waals surface area contributed by atoms with Gasteiger partial charge in [-0.3, -0.25) is 0 Å². The summed E-state index contributed by atoms with van der Waals surface area (Å²) in [5, 5.41) is 0. The van der Waals surface area contributed by atoms with Crippen LogP contribution in [0.3, 0.4) is 0 Å². The third-order valence-electron chi connectivity index (χ3n) is 3.19. The molecule has 1 saturated heterocycles. The molecule has 1 fully saturated rings. The summed E-state index contributed by atoms with van der Waals surface area (Å²) in [7, 11) is -0.201. The van der Waals surface area contributed by atoms with Gasteiger partial charge in [-0.2, -0.15) is 0 Å². The molecule has 19 heavy (non-hydrogen) atoms. The minimum Gasteiger partial charge on any atom is -0.407 e. The maximum absolute atomic E-state index is 5.60. The molecule has 0 aliphatic carbocycles. The highest BCUT2D eigenvalue weighted by Crippen LogP contribution is 2.21. The van der Waals surface area contributed by atoms with Gasteiger partial charge in [0.1, 0.15) is 0 Å². The summed E-state index contributed by atoms with van der Waals surface area (Å²) >= 11 is 3.45. The Morgan fingerprint density at radius 1 is 0.789 bits per heavy atom. The summed E-state index contributed by atoms with van der Waals surface area (Å²) in [4.78, 5) is 0. The standard InChI is InChI=1S/C15H14BBrO2/c17-15-8-4-13(5-9-15)12-2-6-14(7-3-12)16-18-10-1-11-19-16/h2-9H,1,10-11H2. The fourth-order valence-electron chi connectivity index (χ4n) is 2.16. The molecule has 0 bridgehead atoms. The Bertz CT molecular complexity index is 533. The minimum atomic E-state index is -0.201. The van der Waals surface area contributed by atoms with Crippen LogP contribution >= 0.6 is 15.9 Å². The van der Waals surface area contributed by atoms with E-state index in [-0.39, 0.29) is 7.12 Å². The molecular formula is C15H14BBrO2. The van der Waals surface area contributed by atoms with Crippen molar-refractivity contribution in [3.8, 4) is 11.1 Å². The summed E-state index contributed by atoms with van der Waals surface area (Å²) in [5.41, 5.74) is 3.49. The molecule has 0 amide bonds. The molecule has 1 aliphatic rings. The summed E-state index contributed by atoms with van der Waals surface area (Å²) in [6.07, 6.45) is 0.980. The molecule has 0 N–H and O–H groups in total. The van der Waals surface area contributed by atoms with Crippen molar-refractivity contribution in [2.45, 2.75) is 6.42 Å². The van der Waals surface area contributed by atoms with E-state index in [0.29, 0.717) is 0 Å². The molecule has 0 spiro atoms. The van der Waals surface area contributed by atoms with Gasteiger partial charge in [-0.25, -0.2) is 0 Å². The second kappa shape index (κ2) is 5.91. The van der Waals surface area contributed by atoms with E-state index < -0.39 is 0 Å². The highest BCUT2D eigenvalue weighted by Gasteiger charge is 2.23. The predicted octanol–water partition coefficient (Wildman–Crippen LogP) is 3.25. The molecule has 0 saturated carbocycles. The van der Waals surface area contributed by atoms with Gasteiger partial charge in [0.05, 0.1) is 0 Å². The first kappa shape index (κ1) is 12.9. The normalized spacial score (nSPS) is 15.5. The molecule has 2 aromatic carbocycles. The maximum atomic E-state index is 5.60. The van der Waals surface area contributed by atoms with E-state index in [1.807, 2.05) is 0 Å². The smallest absolute Gasteiger partial charge is 0.407 e. The molecule has 1 heterocycles. The van der Waals surface area contributed by atoms with Crippen molar-refractivity contribution >= 4 is 28.5 Å². The zero-order chi connectivity index (χ0) is 13.1. The average Bonchev–Trinajstić information content (AvgIpc) is 2.49. The maximum Gasteiger partial charge on any atom is 0.493 e. The Morgan fingerprint density at radius 2 is 1.32 bits per heavy atom. The quantitative estimate of drug-likeness (QED) is 0.792. The van der Waals surface area contributed by atoms with Crippen LogP contribution in [0.25, 0.3) is 11.1 Å². The van der Waals surface area contributed by atoms with E-state index in [9.17, 15) is 0 Å². The Kier molecular flexibility index (Phi) is 4.02. The monoisotopic (exact) mass is 316 g/mol. The summed E-state index contributed by atoms with van der Waals surface area (Å²) in [6, 6.07) is 16.7. The average molecular weight is 317 g/mol. The number of hydrogen-bond acceptors (Lipinski definition) is 2. The lowest BCUT2D eigenvalue weighted by molar-refractivity contribution is 0.143. The van der Waals surface area contributed by atoms with Crippen LogP contribution in [0.4, 0.5) is 0 Å². The molecule has 0 radical (unpaired) electrons. The van der Waals surface area contributed by atoms with Crippen molar-refractivity contribution < 1.29 is 9.31 Å². The summed E-state index contributed by atoms with van der Waals surface area (Å²) in [6.45, 7) is 1.55. The van der Waals surface area contributed by atoms with E-state index >= 15 is 0 Å². The first-order chi connectivity index (χ1) is 9.33. The summed E-state index contributed by atoms with van der Waals surface area (Å²) in [5.74, 6) is 0. The Labute approximate surface area is 122 Å². The van der Waals surface area contributed by atoms with Gasteiger partial charge in [0.2, 0.25) is 0 Å². The highest BCUT2D eigenvalue weighted by molar-refractivity contribution is 9.10. The topological polar surface area (TPSA) is 18.5 Å². The number of benzene rings is 2. The SMILES string of the molecule is Brc1ccc(-c2ccc(B3OCCCO3)cc2)cc1. The van der Waals surface area contributed by atoms with Crippen molar-refractivity contribution in [2.75, 3.05) is 13.2 Å². The van der Waals surface area contributed by atoms with E-state index in [2.05, 4.69) is 64.5 Å². The van der Waals surface area contributed by atoms with E-state index in [4.69, 9.17) is 9.31 Å². The van der Waals surface area contributed by atoms with Gasteiger partial charge in [-0.1, -0.05) is 52.3 Å². The van der Waals surface area contributed by atoms with Crippen LogP contribution in [0.2, 0.25) is 0 Å². The van der Waals surface area contributed by atoms with Gasteiger partial charge in [0, 0.05) is 17.7 Å². The first-order valence-electron chi connectivity index (χ1n) is 6.42. The van der Waals surface area contributed by atoms with Crippen molar-refractivity contribution in [1.29, 1.82) is 0 Å². The van der Waals surface area contributed by atoms with Gasteiger partial charge in [-0.05, 0) is 35.1 Å².